The summed E-state index contributed by atoms with van der Waals surface area (Å²) >= 11 is 0. The largest absolute Gasteiger partial charge is 0.481 e. The van der Waals surface area contributed by atoms with E-state index in [1.165, 1.54) is 6.33 Å². The molecular weight excluding hydrogens is 344 g/mol. The van der Waals surface area contributed by atoms with Crippen molar-refractivity contribution in [2.24, 2.45) is 0 Å². The number of aromatic nitrogens is 3. The summed E-state index contributed by atoms with van der Waals surface area (Å²) in [5.74, 6) is 2.12. The quantitative estimate of drug-likeness (QED) is 0.876. The maximum Gasteiger partial charge on any atom is 0.218 e. The highest BCUT2D eigenvalue weighted by molar-refractivity contribution is 5.56. The molecule has 8 nitrogen and oxygen atoms in total. The van der Waals surface area contributed by atoms with Crippen LogP contribution in [-0.4, -0.2) is 47.8 Å². The molecule has 27 heavy (non-hydrogen) atoms. The van der Waals surface area contributed by atoms with Crippen molar-refractivity contribution < 1.29 is 9.47 Å². The Morgan fingerprint density at radius 3 is 2.93 bits per heavy atom. The summed E-state index contributed by atoms with van der Waals surface area (Å²) < 4.78 is 10.6. The summed E-state index contributed by atoms with van der Waals surface area (Å²) in [4.78, 5) is 15.3. The van der Waals surface area contributed by atoms with Gasteiger partial charge in [-0.3, -0.25) is 0 Å². The van der Waals surface area contributed by atoms with Gasteiger partial charge in [0.25, 0.3) is 0 Å². The van der Waals surface area contributed by atoms with E-state index in [-0.39, 0.29) is 0 Å². The molecule has 8 heteroatoms. The maximum absolute atomic E-state index is 9.55. The van der Waals surface area contributed by atoms with E-state index in [9.17, 15) is 5.26 Å². The predicted molar refractivity (Wildman–Crippen MR) is 99.8 cm³/mol. The van der Waals surface area contributed by atoms with Crippen molar-refractivity contribution in [1.82, 2.24) is 15.0 Å². The fourth-order valence-electron chi connectivity index (χ4n) is 3.57. The number of nitriles is 1. The fourth-order valence-corrected chi connectivity index (χ4v) is 3.57. The van der Waals surface area contributed by atoms with Crippen LogP contribution >= 0.6 is 0 Å². The molecule has 1 N–H and O–H groups in total. The third kappa shape index (κ3) is 3.78. The highest BCUT2D eigenvalue weighted by atomic mass is 16.5. The summed E-state index contributed by atoms with van der Waals surface area (Å²) in [6.45, 7) is 2.93. The van der Waals surface area contributed by atoms with Gasteiger partial charge in [0.05, 0.1) is 31.6 Å². The second kappa shape index (κ2) is 7.76. The Morgan fingerprint density at radius 1 is 1.30 bits per heavy atom. The standard InChI is InChI=1S/C19H22N6O2/c1-26-18-9-17(21-12-22-18)23-15-2-5-25(6-3-15)19-13(10-20)8-14-11-27-7-4-16(14)24-19/h8-9,12,15H,2-7,11H2,1H3,(H,21,22,23). The lowest BCUT2D eigenvalue weighted by Gasteiger charge is -2.34. The predicted octanol–water partition coefficient (Wildman–Crippen LogP) is 1.91. The first kappa shape index (κ1) is 17.5. The van der Waals surface area contributed by atoms with Crippen LogP contribution in [0.25, 0.3) is 0 Å². The highest BCUT2D eigenvalue weighted by Crippen LogP contribution is 2.27. The smallest absolute Gasteiger partial charge is 0.218 e. The van der Waals surface area contributed by atoms with Crippen LogP contribution in [0.4, 0.5) is 11.6 Å². The molecule has 1 saturated heterocycles. The number of hydrogen-bond donors (Lipinski definition) is 1. The van der Waals surface area contributed by atoms with E-state index >= 15 is 0 Å². The average Bonchev–Trinajstić information content (AvgIpc) is 2.73. The molecule has 0 spiro atoms. The number of ether oxygens (including phenoxy) is 2. The van der Waals surface area contributed by atoms with Crippen LogP contribution in [-0.2, 0) is 17.8 Å². The number of fused-ring (bicyclic) bond motifs is 1. The summed E-state index contributed by atoms with van der Waals surface area (Å²) in [6.07, 6.45) is 4.19. The molecule has 2 aromatic heterocycles. The minimum absolute atomic E-state index is 0.317. The maximum atomic E-state index is 9.55. The van der Waals surface area contributed by atoms with Gasteiger partial charge in [-0.2, -0.15) is 5.26 Å². The minimum atomic E-state index is 0.317. The first-order chi connectivity index (χ1) is 13.3. The lowest BCUT2D eigenvalue weighted by atomic mass is 10.0. The molecule has 4 heterocycles. The zero-order chi connectivity index (χ0) is 18.6. The number of methoxy groups -OCH3 is 1. The molecule has 0 saturated carbocycles. The van der Waals surface area contributed by atoms with Crippen molar-refractivity contribution in [3.05, 3.63) is 35.3 Å². The van der Waals surface area contributed by atoms with Gasteiger partial charge in [0.1, 0.15) is 24.0 Å². The zero-order valence-electron chi connectivity index (χ0n) is 15.3. The number of pyridine rings is 1. The van der Waals surface area contributed by atoms with E-state index in [4.69, 9.17) is 14.5 Å². The zero-order valence-corrected chi connectivity index (χ0v) is 15.3. The van der Waals surface area contributed by atoms with E-state index in [1.807, 2.05) is 6.07 Å². The van der Waals surface area contributed by atoms with Crippen molar-refractivity contribution in [3.63, 3.8) is 0 Å². The van der Waals surface area contributed by atoms with Crippen molar-refractivity contribution >= 4 is 11.6 Å². The lowest BCUT2D eigenvalue weighted by molar-refractivity contribution is 0.109. The van der Waals surface area contributed by atoms with Gasteiger partial charge in [-0.25, -0.2) is 15.0 Å². The number of anilines is 2. The van der Waals surface area contributed by atoms with Crippen molar-refractivity contribution in [1.29, 1.82) is 5.26 Å². The van der Waals surface area contributed by atoms with Crippen LogP contribution in [0, 0.1) is 11.3 Å². The van der Waals surface area contributed by atoms with E-state index in [2.05, 4.69) is 26.3 Å². The molecule has 0 radical (unpaired) electrons. The van der Waals surface area contributed by atoms with Gasteiger partial charge < -0.3 is 19.7 Å². The molecule has 4 rings (SSSR count). The molecule has 2 aliphatic rings. The van der Waals surface area contributed by atoms with Crippen LogP contribution < -0.4 is 15.0 Å². The Hall–Kier alpha value is -2.92. The normalized spacial score (nSPS) is 17.1. The Bertz CT molecular complexity index is 858. The highest BCUT2D eigenvalue weighted by Gasteiger charge is 2.24. The molecule has 2 aromatic rings. The van der Waals surface area contributed by atoms with E-state index < -0.39 is 0 Å². The molecule has 0 atom stereocenters. The van der Waals surface area contributed by atoms with Crippen LogP contribution in [0.15, 0.2) is 18.5 Å². The molecule has 2 aliphatic heterocycles. The van der Waals surface area contributed by atoms with Gasteiger partial charge >= 0.3 is 0 Å². The fraction of sp³-hybridized carbons (Fsp3) is 0.474. The molecule has 0 aliphatic carbocycles. The van der Waals surface area contributed by atoms with Crippen LogP contribution in [0.3, 0.4) is 0 Å². The third-order valence-corrected chi connectivity index (χ3v) is 5.03. The van der Waals surface area contributed by atoms with Gasteiger partial charge in [-0.1, -0.05) is 0 Å². The first-order valence-corrected chi connectivity index (χ1v) is 9.15. The summed E-state index contributed by atoms with van der Waals surface area (Å²) in [5.41, 5.74) is 2.73. The Kier molecular flexibility index (Phi) is 5.03. The van der Waals surface area contributed by atoms with Gasteiger partial charge in [0.2, 0.25) is 5.88 Å². The Labute approximate surface area is 158 Å². The minimum Gasteiger partial charge on any atom is -0.481 e. The van der Waals surface area contributed by atoms with E-state index in [0.29, 0.717) is 30.7 Å². The molecule has 1 fully saturated rings. The topological polar surface area (TPSA) is 96.2 Å². The SMILES string of the molecule is COc1cc(NC2CCN(c3nc4c(cc3C#N)COCC4)CC2)ncn1. The number of piperidine rings is 1. The van der Waals surface area contributed by atoms with E-state index in [0.717, 1.165) is 55.2 Å². The lowest BCUT2D eigenvalue weighted by Crippen LogP contribution is -2.40. The van der Waals surface area contributed by atoms with Gasteiger partial charge in [0.15, 0.2) is 0 Å². The number of hydrogen-bond acceptors (Lipinski definition) is 8. The molecular formula is C19H22N6O2. The number of nitrogens with zero attached hydrogens (tertiary/aromatic N) is 5. The molecule has 0 unspecified atom stereocenters. The third-order valence-electron chi connectivity index (χ3n) is 5.03. The molecule has 140 valence electrons. The van der Waals surface area contributed by atoms with Gasteiger partial charge in [0, 0.05) is 37.2 Å². The summed E-state index contributed by atoms with van der Waals surface area (Å²) in [7, 11) is 1.59. The molecule has 0 amide bonds. The van der Waals surface area contributed by atoms with E-state index in [1.54, 1.807) is 13.2 Å². The summed E-state index contributed by atoms with van der Waals surface area (Å²) in [5, 5.41) is 13.0. The van der Waals surface area contributed by atoms with Crippen LogP contribution in [0.5, 0.6) is 5.88 Å². The van der Waals surface area contributed by atoms with Crippen molar-refractivity contribution in [3.8, 4) is 11.9 Å². The Morgan fingerprint density at radius 2 is 2.15 bits per heavy atom. The number of nitrogens with one attached hydrogen (secondary N) is 1. The van der Waals surface area contributed by atoms with Gasteiger partial charge in [-0.15, -0.1) is 0 Å². The second-order valence-corrected chi connectivity index (χ2v) is 6.73. The second-order valence-electron chi connectivity index (χ2n) is 6.73. The first-order valence-electron chi connectivity index (χ1n) is 9.15. The van der Waals surface area contributed by atoms with Crippen molar-refractivity contribution in [2.75, 3.05) is 37.0 Å². The average molecular weight is 366 g/mol. The Balaban J connectivity index is 1.44. The van der Waals surface area contributed by atoms with Gasteiger partial charge in [-0.05, 0) is 18.9 Å². The molecule has 0 bridgehead atoms. The molecule has 0 aromatic carbocycles. The summed E-state index contributed by atoms with van der Waals surface area (Å²) in [6, 6.07) is 6.36. The monoisotopic (exact) mass is 366 g/mol. The van der Waals surface area contributed by atoms with Crippen LogP contribution in [0.1, 0.15) is 29.7 Å². The van der Waals surface area contributed by atoms with Crippen LogP contribution in [0.2, 0.25) is 0 Å². The number of rotatable bonds is 4. The van der Waals surface area contributed by atoms with Crippen molar-refractivity contribution in [2.45, 2.75) is 31.9 Å².